The minimum Gasteiger partial charge on any atom is -0.468 e. The minimum absolute atomic E-state index is 0.125. The highest BCUT2D eigenvalue weighted by Gasteiger charge is 2.37. The van der Waals surface area contributed by atoms with Gasteiger partial charge in [-0.15, -0.1) is 0 Å². The van der Waals surface area contributed by atoms with Crippen molar-refractivity contribution in [3.63, 3.8) is 0 Å². The fraction of sp³-hybridized carbons (Fsp3) is 0.286. The zero-order valence-corrected chi connectivity index (χ0v) is 16.3. The second kappa shape index (κ2) is 8.06. The number of hydrogen-bond donors (Lipinski definition) is 0. The molecule has 27 heavy (non-hydrogen) atoms. The average molecular weight is 385 g/mol. The molecule has 0 spiro atoms. The van der Waals surface area contributed by atoms with Crippen LogP contribution >= 0.6 is 0 Å². The normalized spacial score (nSPS) is 14.7. The lowest BCUT2D eigenvalue weighted by atomic mass is 10.1. The summed E-state index contributed by atoms with van der Waals surface area (Å²) < 4.78 is 33.0. The molecule has 0 aliphatic heterocycles. The van der Waals surface area contributed by atoms with E-state index < -0.39 is 22.0 Å². The molecule has 0 N–H and O–H groups in total. The van der Waals surface area contributed by atoms with Gasteiger partial charge in [-0.25, -0.2) is 13.2 Å². The van der Waals surface area contributed by atoms with Crippen LogP contribution < -0.4 is 0 Å². The van der Waals surface area contributed by atoms with Crippen molar-refractivity contribution in [2.24, 2.45) is 0 Å². The van der Waals surface area contributed by atoms with Gasteiger partial charge in [0.15, 0.2) is 0 Å². The van der Waals surface area contributed by atoms with Crippen LogP contribution in [-0.4, -0.2) is 32.3 Å². The van der Waals surface area contributed by atoms with E-state index in [9.17, 15) is 13.2 Å². The number of methoxy groups -OCH3 is 1. The zero-order valence-electron chi connectivity index (χ0n) is 15.5. The van der Waals surface area contributed by atoms with Gasteiger partial charge in [0.25, 0.3) is 0 Å². The van der Waals surface area contributed by atoms with Crippen LogP contribution in [0.15, 0.2) is 71.1 Å². The number of sulfonamides is 1. The first kappa shape index (κ1) is 19.3. The quantitative estimate of drug-likeness (QED) is 0.539. The van der Waals surface area contributed by atoms with Gasteiger partial charge in [0.05, 0.1) is 12.0 Å². The molecule has 0 radical (unpaired) electrons. The summed E-state index contributed by atoms with van der Waals surface area (Å²) in [6.45, 7) is 2.02. The maximum absolute atomic E-state index is 13.4. The van der Waals surface area contributed by atoms with E-state index in [0.717, 1.165) is 18.4 Å². The number of rotatable bonds is 7. The summed E-state index contributed by atoms with van der Waals surface area (Å²) in [7, 11) is -2.63. The van der Waals surface area contributed by atoms with Crippen molar-refractivity contribution in [2.75, 3.05) is 13.7 Å². The minimum atomic E-state index is -3.90. The van der Waals surface area contributed by atoms with Gasteiger partial charge >= 0.3 is 5.97 Å². The Morgan fingerprint density at radius 3 is 2.30 bits per heavy atom. The number of benzene rings is 2. The summed E-state index contributed by atoms with van der Waals surface area (Å²) in [6.07, 6.45) is 3.85. The van der Waals surface area contributed by atoms with E-state index in [2.05, 4.69) is 0 Å². The van der Waals surface area contributed by atoms with Crippen LogP contribution in [-0.2, 0) is 19.6 Å². The highest BCUT2D eigenvalue weighted by atomic mass is 32.2. The van der Waals surface area contributed by atoms with Crippen LogP contribution in [0.1, 0.15) is 30.0 Å². The Bertz CT molecular complexity index is 928. The maximum Gasteiger partial charge on any atom is 0.328 e. The highest BCUT2D eigenvalue weighted by Crippen LogP contribution is 2.32. The largest absolute Gasteiger partial charge is 0.468 e. The lowest BCUT2D eigenvalue weighted by Crippen LogP contribution is -2.39. The number of hydrogen-bond acceptors (Lipinski definition) is 4. The summed E-state index contributed by atoms with van der Waals surface area (Å²) in [4.78, 5) is 12.8. The second-order valence-corrected chi connectivity index (χ2v) is 8.48. The Hall–Kier alpha value is -2.44. The van der Waals surface area contributed by atoms with Crippen LogP contribution in [0.4, 0.5) is 0 Å². The standard InChI is InChI=1S/C21H23NO4S/c1-16-8-12-19(13-9-16)27(24,25)22(15-14-17-10-11-17)20(21(23)26-2)18-6-4-3-5-7-18/h3-9,12-14,20H,10-11,15H2,1-2H3/t20-/m0/s1. The molecule has 0 aromatic heterocycles. The van der Waals surface area contributed by atoms with Gasteiger partial charge in [-0.3, -0.25) is 0 Å². The van der Waals surface area contributed by atoms with Gasteiger partial charge in [0, 0.05) is 6.54 Å². The molecule has 3 rings (SSSR count). The van der Waals surface area contributed by atoms with E-state index in [4.69, 9.17) is 4.74 Å². The average Bonchev–Trinajstić information content (AvgIpc) is 3.50. The van der Waals surface area contributed by atoms with Crippen molar-refractivity contribution < 1.29 is 17.9 Å². The molecule has 1 saturated carbocycles. The van der Waals surface area contributed by atoms with Crippen LogP contribution in [0.2, 0.25) is 0 Å². The van der Waals surface area contributed by atoms with Crippen molar-refractivity contribution >= 4 is 16.0 Å². The molecule has 5 nitrogen and oxygen atoms in total. The molecule has 2 aromatic carbocycles. The second-order valence-electron chi connectivity index (χ2n) is 6.59. The smallest absolute Gasteiger partial charge is 0.328 e. The number of aryl methyl sites for hydroxylation is 1. The summed E-state index contributed by atoms with van der Waals surface area (Å²) in [6, 6.07) is 14.5. The molecule has 1 fully saturated rings. The van der Waals surface area contributed by atoms with Gasteiger partial charge in [-0.2, -0.15) is 4.31 Å². The molecule has 0 bridgehead atoms. The first-order valence-corrected chi connectivity index (χ1v) is 10.3. The third-order valence-electron chi connectivity index (χ3n) is 4.55. The molecule has 6 heteroatoms. The lowest BCUT2D eigenvalue weighted by Gasteiger charge is -2.28. The molecule has 1 atom stereocenters. The van der Waals surface area contributed by atoms with Gasteiger partial charge in [0.2, 0.25) is 10.0 Å². The van der Waals surface area contributed by atoms with Crippen LogP contribution in [0.3, 0.4) is 0 Å². The predicted molar refractivity (Wildman–Crippen MR) is 104 cm³/mol. The molecule has 1 aliphatic carbocycles. The van der Waals surface area contributed by atoms with Crippen molar-refractivity contribution in [1.82, 2.24) is 4.31 Å². The Morgan fingerprint density at radius 1 is 1.11 bits per heavy atom. The van der Waals surface area contributed by atoms with E-state index in [1.54, 1.807) is 48.5 Å². The molecule has 0 saturated heterocycles. The molecular weight excluding hydrogens is 362 g/mol. The van der Waals surface area contributed by atoms with Crippen molar-refractivity contribution in [3.05, 3.63) is 77.4 Å². The Labute approximate surface area is 160 Å². The Kier molecular flexibility index (Phi) is 5.77. The van der Waals surface area contributed by atoms with Gasteiger partial charge in [-0.05, 0) is 37.5 Å². The van der Waals surface area contributed by atoms with E-state index in [1.165, 1.54) is 17.0 Å². The highest BCUT2D eigenvalue weighted by molar-refractivity contribution is 7.89. The number of allylic oxidation sites excluding steroid dienone is 1. The summed E-state index contributed by atoms with van der Waals surface area (Å²) >= 11 is 0. The monoisotopic (exact) mass is 385 g/mol. The summed E-state index contributed by atoms with van der Waals surface area (Å²) in [5.74, 6) is -0.605. The van der Waals surface area contributed by atoms with Gasteiger partial charge < -0.3 is 4.74 Å². The van der Waals surface area contributed by atoms with Crippen molar-refractivity contribution in [1.29, 1.82) is 0 Å². The van der Waals surface area contributed by atoms with Crippen molar-refractivity contribution in [2.45, 2.75) is 30.7 Å². The maximum atomic E-state index is 13.4. The topological polar surface area (TPSA) is 63.7 Å². The lowest BCUT2D eigenvalue weighted by molar-refractivity contribution is -0.145. The number of carbonyl (C=O) groups is 1. The van der Waals surface area contributed by atoms with Crippen LogP contribution in [0, 0.1) is 6.92 Å². The van der Waals surface area contributed by atoms with Gasteiger partial charge in [0.1, 0.15) is 6.04 Å². The predicted octanol–water partition coefficient (Wildman–Crippen LogP) is 3.62. The van der Waals surface area contributed by atoms with Crippen LogP contribution in [0.5, 0.6) is 0 Å². The SMILES string of the molecule is COC(=O)[C@H](c1ccccc1)N(CC=C1CC1)S(=O)(=O)c1ccc(C)cc1. The number of nitrogens with zero attached hydrogens (tertiary/aromatic N) is 1. The Morgan fingerprint density at radius 2 is 1.74 bits per heavy atom. The molecule has 0 heterocycles. The molecule has 1 aliphatic rings. The fourth-order valence-electron chi connectivity index (χ4n) is 2.85. The molecule has 0 amide bonds. The summed E-state index contributed by atoms with van der Waals surface area (Å²) in [5, 5.41) is 0. The third-order valence-corrected chi connectivity index (χ3v) is 6.40. The van der Waals surface area contributed by atoms with Crippen LogP contribution in [0.25, 0.3) is 0 Å². The van der Waals surface area contributed by atoms with E-state index in [-0.39, 0.29) is 11.4 Å². The fourth-order valence-corrected chi connectivity index (χ4v) is 4.36. The van der Waals surface area contributed by atoms with E-state index >= 15 is 0 Å². The Balaban J connectivity index is 2.08. The number of ether oxygens (including phenoxy) is 1. The van der Waals surface area contributed by atoms with Crippen molar-refractivity contribution in [3.8, 4) is 0 Å². The first-order chi connectivity index (χ1) is 12.9. The zero-order chi connectivity index (χ0) is 19.4. The first-order valence-electron chi connectivity index (χ1n) is 8.82. The molecule has 2 aromatic rings. The molecule has 142 valence electrons. The molecule has 0 unspecified atom stereocenters. The van der Waals surface area contributed by atoms with E-state index in [0.29, 0.717) is 5.56 Å². The molecular formula is C21H23NO4S. The number of esters is 1. The summed E-state index contributed by atoms with van der Waals surface area (Å²) in [5.41, 5.74) is 2.75. The van der Waals surface area contributed by atoms with E-state index in [1.807, 2.05) is 19.1 Å². The third kappa shape index (κ3) is 4.46. The van der Waals surface area contributed by atoms with Gasteiger partial charge in [-0.1, -0.05) is 59.7 Å². The number of carbonyl (C=O) groups excluding carboxylic acids is 1.